The Hall–Kier alpha value is -2.41. The van der Waals surface area contributed by atoms with Crippen LogP contribution in [0.5, 0.6) is 0 Å². The van der Waals surface area contributed by atoms with Crippen molar-refractivity contribution >= 4 is 17.9 Å². The Morgan fingerprint density at radius 1 is 0.421 bits per heavy atom. The first-order valence-corrected chi connectivity index (χ1v) is 24.1. The number of esters is 3. The summed E-state index contributed by atoms with van der Waals surface area (Å²) in [6.07, 6.45) is 46.4. The summed E-state index contributed by atoms with van der Waals surface area (Å²) in [5, 5.41) is 0. The smallest absolute Gasteiger partial charge is 0.305 e. The van der Waals surface area contributed by atoms with Crippen LogP contribution in [0.25, 0.3) is 0 Å². The highest BCUT2D eigenvalue weighted by atomic mass is 16.6. The number of hydrogen-bond acceptors (Lipinski definition) is 7. The molecule has 0 aromatic heterocycles. The van der Waals surface area contributed by atoms with Crippen LogP contribution in [0.1, 0.15) is 220 Å². The molecule has 0 bridgehead atoms. The third-order valence-corrected chi connectivity index (χ3v) is 11.1. The highest BCUT2D eigenvalue weighted by Gasteiger charge is 2.39. The average Bonchev–Trinajstić information content (AvgIpc) is 3.19. The van der Waals surface area contributed by atoms with E-state index in [2.05, 4.69) is 62.1 Å². The lowest BCUT2D eigenvalue weighted by Gasteiger charge is -2.40. The summed E-state index contributed by atoms with van der Waals surface area (Å²) in [6, 6.07) is 0. The molecule has 7 heteroatoms. The van der Waals surface area contributed by atoms with E-state index in [1.54, 1.807) is 0 Å². The minimum absolute atomic E-state index is 0.0764. The Morgan fingerprint density at radius 3 is 0.982 bits per heavy atom. The summed E-state index contributed by atoms with van der Waals surface area (Å²) in [5.74, 6) is -0.688. The summed E-state index contributed by atoms with van der Waals surface area (Å²) in [6.45, 7) is 9.34. The minimum Gasteiger partial charge on any atom is -0.465 e. The summed E-state index contributed by atoms with van der Waals surface area (Å²) in [5.41, 5.74) is -0.790. The van der Waals surface area contributed by atoms with Crippen molar-refractivity contribution in [2.24, 2.45) is 5.41 Å². The molecule has 1 fully saturated rings. The molecule has 1 aliphatic rings. The number of rotatable bonds is 41. The first-order chi connectivity index (χ1) is 27.9. The Kier molecular flexibility index (Phi) is 36.1. The molecule has 7 nitrogen and oxygen atoms in total. The largest absolute Gasteiger partial charge is 0.465 e. The van der Waals surface area contributed by atoms with E-state index < -0.39 is 5.41 Å². The van der Waals surface area contributed by atoms with Crippen LogP contribution in [-0.2, 0) is 28.6 Å². The molecular weight excluding hydrogens is 711 g/mol. The normalized spacial score (nSPS) is 13.5. The number of nitrogens with zero attached hydrogens (tertiary/aromatic N) is 1. The molecule has 0 aliphatic carbocycles. The molecule has 0 N–H and O–H groups in total. The summed E-state index contributed by atoms with van der Waals surface area (Å²) in [4.78, 5) is 41.2. The SMILES string of the molecule is CCCC/C=C\CCCCCCCC(=O)OCC(COC(=O)CCCCCCC/C=C\CCCC)(COC(=O)CCCCCCC/C=C\CCCC)CN1CCC1. The van der Waals surface area contributed by atoms with Crippen LogP contribution < -0.4 is 0 Å². The minimum atomic E-state index is -0.790. The predicted molar refractivity (Wildman–Crippen MR) is 239 cm³/mol. The number of hydrogen-bond donors (Lipinski definition) is 0. The number of allylic oxidation sites excluding steroid dienone is 6. The van der Waals surface area contributed by atoms with Crippen molar-refractivity contribution in [2.45, 2.75) is 220 Å². The number of likely N-dealkylation sites (tertiary alicyclic amines) is 1. The van der Waals surface area contributed by atoms with E-state index in [0.717, 1.165) is 96.6 Å². The lowest BCUT2D eigenvalue weighted by Crippen LogP contribution is -2.52. The van der Waals surface area contributed by atoms with Gasteiger partial charge in [0.15, 0.2) is 0 Å². The van der Waals surface area contributed by atoms with Crippen LogP contribution in [0.4, 0.5) is 0 Å². The fourth-order valence-electron chi connectivity index (χ4n) is 7.05. The molecule has 0 amide bonds. The molecule has 1 saturated heterocycles. The standard InChI is InChI=1S/C50H89NO6/c1-4-7-10-13-16-19-22-25-28-31-34-38-47(52)55-44-50(43-51-41-37-42-51,45-56-48(53)39-35-32-29-26-23-20-17-14-11-8-5-2)46-57-49(54)40-36-33-30-27-24-21-18-15-12-9-6-3/h13-18H,4-12,19-46H2,1-3H3/b16-13-,17-14-,18-15-. The zero-order valence-electron chi connectivity index (χ0n) is 37.5. The van der Waals surface area contributed by atoms with E-state index in [4.69, 9.17) is 14.2 Å². The van der Waals surface area contributed by atoms with Crippen LogP contribution in [-0.4, -0.2) is 62.3 Å². The van der Waals surface area contributed by atoms with Gasteiger partial charge in [-0.05, 0) is 96.6 Å². The predicted octanol–water partition coefficient (Wildman–Crippen LogP) is 13.7. The number of unbranched alkanes of at least 4 members (excludes halogenated alkanes) is 21. The number of carbonyl (C=O) groups excluding carboxylic acids is 3. The molecule has 0 radical (unpaired) electrons. The van der Waals surface area contributed by atoms with Gasteiger partial charge in [-0.2, -0.15) is 0 Å². The van der Waals surface area contributed by atoms with Gasteiger partial charge in [0.2, 0.25) is 0 Å². The Morgan fingerprint density at radius 2 is 0.702 bits per heavy atom. The Labute approximate surface area is 351 Å². The van der Waals surface area contributed by atoms with Gasteiger partial charge in [-0.15, -0.1) is 0 Å². The molecule has 57 heavy (non-hydrogen) atoms. The van der Waals surface area contributed by atoms with E-state index in [0.29, 0.717) is 25.8 Å². The maximum atomic E-state index is 13.0. The second kappa shape index (κ2) is 39.1. The van der Waals surface area contributed by atoms with Crippen molar-refractivity contribution in [3.8, 4) is 0 Å². The maximum absolute atomic E-state index is 13.0. The van der Waals surface area contributed by atoms with Crippen LogP contribution >= 0.6 is 0 Å². The zero-order valence-corrected chi connectivity index (χ0v) is 37.5. The average molecular weight is 800 g/mol. The zero-order chi connectivity index (χ0) is 41.3. The van der Waals surface area contributed by atoms with Gasteiger partial charge in [0.05, 0.1) is 5.41 Å². The van der Waals surface area contributed by atoms with Gasteiger partial charge < -0.3 is 19.1 Å². The molecule has 0 aromatic carbocycles. The van der Waals surface area contributed by atoms with E-state index in [1.807, 2.05) is 0 Å². The molecule has 0 unspecified atom stereocenters. The first kappa shape index (κ1) is 52.6. The molecule has 330 valence electrons. The van der Waals surface area contributed by atoms with Crippen molar-refractivity contribution in [3.63, 3.8) is 0 Å². The van der Waals surface area contributed by atoms with Gasteiger partial charge in [-0.25, -0.2) is 0 Å². The van der Waals surface area contributed by atoms with E-state index >= 15 is 0 Å². The fraction of sp³-hybridized carbons (Fsp3) is 0.820. The van der Waals surface area contributed by atoms with E-state index in [1.165, 1.54) is 96.3 Å². The molecular formula is C50H89NO6. The molecule has 0 spiro atoms. The van der Waals surface area contributed by atoms with Crippen molar-refractivity contribution < 1.29 is 28.6 Å². The molecule has 1 heterocycles. The van der Waals surface area contributed by atoms with Crippen molar-refractivity contribution in [1.29, 1.82) is 0 Å². The molecule has 0 aromatic rings. The first-order valence-electron chi connectivity index (χ1n) is 24.1. The second-order valence-corrected chi connectivity index (χ2v) is 16.9. The van der Waals surface area contributed by atoms with E-state index in [-0.39, 0.29) is 37.7 Å². The number of ether oxygens (including phenoxy) is 3. The van der Waals surface area contributed by atoms with Gasteiger partial charge in [-0.3, -0.25) is 14.4 Å². The van der Waals surface area contributed by atoms with Crippen molar-refractivity contribution in [1.82, 2.24) is 4.90 Å². The third kappa shape index (κ3) is 33.2. The monoisotopic (exact) mass is 800 g/mol. The van der Waals surface area contributed by atoms with Gasteiger partial charge in [-0.1, -0.05) is 154 Å². The van der Waals surface area contributed by atoms with Crippen molar-refractivity contribution in [2.75, 3.05) is 39.5 Å². The second-order valence-electron chi connectivity index (χ2n) is 16.9. The van der Waals surface area contributed by atoms with Gasteiger partial charge in [0, 0.05) is 25.8 Å². The quantitative estimate of drug-likeness (QED) is 0.0264. The van der Waals surface area contributed by atoms with Crippen LogP contribution in [0.15, 0.2) is 36.5 Å². The maximum Gasteiger partial charge on any atom is 0.305 e. The Bertz CT molecular complexity index is 931. The molecule has 0 atom stereocenters. The summed E-state index contributed by atoms with van der Waals surface area (Å²) in [7, 11) is 0. The molecule has 0 saturated carbocycles. The van der Waals surface area contributed by atoms with E-state index in [9.17, 15) is 14.4 Å². The highest BCUT2D eigenvalue weighted by molar-refractivity contribution is 5.70. The molecule has 1 aliphatic heterocycles. The topological polar surface area (TPSA) is 82.1 Å². The van der Waals surface area contributed by atoms with Crippen LogP contribution in [0.3, 0.4) is 0 Å². The summed E-state index contributed by atoms with van der Waals surface area (Å²) < 4.78 is 17.7. The van der Waals surface area contributed by atoms with Gasteiger partial charge in [0.1, 0.15) is 19.8 Å². The number of carbonyl (C=O) groups is 3. The van der Waals surface area contributed by atoms with Gasteiger partial charge in [0.25, 0.3) is 0 Å². The summed E-state index contributed by atoms with van der Waals surface area (Å²) >= 11 is 0. The van der Waals surface area contributed by atoms with Crippen LogP contribution in [0, 0.1) is 5.41 Å². The van der Waals surface area contributed by atoms with Crippen molar-refractivity contribution in [3.05, 3.63) is 36.5 Å². The lowest BCUT2D eigenvalue weighted by atomic mass is 9.89. The fourth-order valence-corrected chi connectivity index (χ4v) is 7.05. The highest BCUT2D eigenvalue weighted by Crippen LogP contribution is 2.26. The lowest BCUT2D eigenvalue weighted by molar-refractivity contribution is -0.164. The Balaban J connectivity index is 2.61. The van der Waals surface area contributed by atoms with Gasteiger partial charge >= 0.3 is 17.9 Å². The van der Waals surface area contributed by atoms with Crippen LogP contribution in [0.2, 0.25) is 0 Å². The third-order valence-electron chi connectivity index (χ3n) is 11.1. The molecule has 1 rings (SSSR count).